The number of amides is 1. The number of carbonyl (C=O) groups excluding carboxylic acids is 1. The van der Waals surface area contributed by atoms with Crippen molar-refractivity contribution in [3.63, 3.8) is 0 Å². The van der Waals surface area contributed by atoms with Crippen molar-refractivity contribution in [1.82, 2.24) is 9.62 Å². The number of nitrogens with zero attached hydrogens (tertiary/aromatic N) is 2. The van der Waals surface area contributed by atoms with Gasteiger partial charge in [-0.1, -0.05) is 12.1 Å². The first-order valence-electron chi connectivity index (χ1n) is 9.53. The van der Waals surface area contributed by atoms with Crippen LogP contribution in [-0.4, -0.2) is 64.3 Å². The Morgan fingerprint density at radius 3 is 2.26 bits per heavy atom. The second-order valence-corrected chi connectivity index (χ2v) is 9.34. The number of sulfonamides is 1. The molecule has 0 spiro atoms. The van der Waals surface area contributed by atoms with Crippen molar-refractivity contribution in [2.45, 2.75) is 25.8 Å². The molecule has 3 rings (SSSR count). The van der Waals surface area contributed by atoms with Crippen molar-refractivity contribution in [2.24, 2.45) is 5.92 Å². The summed E-state index contributed by atoms with van der Waals surface area (Å²) in [5, 5.41) is 3.08. The van der Waals surface area contributed by atoms with Crippen LogP contribution in [0.2, 0.25) is 0 Å². The first-order valence-corrected chi connectivity index (χ1v) is 11.4. The zero-order valence-electron chi connectivity index (χ0n) is 16.1. The van der Waals surface area contributed by atoms with E-state index < -0.39 is 10.0 Å². The molecule has 2 aliphatic heterocycles. The van der Waals surface area contributed by atoms with Crippen LogP contribution in [0.5, 0.6) is 0 Å². The van der Waals surface area contributed by atoms with Crippen molar-refractivity contribution in [1.29, 1.82) is 0 Å². The van der Waals surface area contributed by atoms with E-state index in [-0.39, 0.29) is 17.9 Å². The van der Waals surface area contributed by atoms with Crippen LogP contribution < -0.4 is 10.2 Å². The van der Waals surface area contributed by atoms with Crippen molar-refractivity contribution in [2.75, 3.05) is 50.5 Å². The maximum absolute atomic E-state index is 12.6. The van der Waals surface area contributed by atoms with E-state index in [1.165, 1.54) is 16.2 Å². The highest BCUT2D eigenvalue weighted by molar-refractivity contribution is 7.88. The first-order chi connectivity index (χ1) is 12.8. The lowest BCUT2D eigenvalue weighted by Crippen LogP contribution is -2.43. The first kappa shape index (κ1) is 20.1. The van der Waals surface area contributed by atoms with E-state index in [2.05, 4.69) is 34.5 Å². The third-order valence-electron chi connectivity index (χ3n) is 5.42. The highest BCUT2D eigenvalue weighted by Gasteiger charge is 2.29. The average Bonchev–Trinajstić information content (AvgIpc) is 2.68. The van der Waals surface area contributed by atoms with Crippen LogP contribution in [0.4, 0.5) is 5.69 Å². The highest BCUT2D eigenvalue weighted by Crippen LogP contribution is 2.23. The summed E-state index contributed by atoms with van der Waals surface area (Å²) in [4.78, 5) is 14.8. The summed E-state index contributed by atoms with van der Waals surface area (Å²) >= 11 is 0. The van der Waals surface area contributed by atoms with Gasteiger partial charge in [0, 0.05) is 37.8 Å². The van der Waals surface area contributed by atoms with Crippen LogP contribution in [0.15, 0.2) is 24.3 Å². The molecule has 1 aromatic carbocycles. The largest absolute Gasteiger partial charge is 0.378 e. The molecule has 0 aliphatic carbocycles. The van der Waals surface area contributed by atoms with Crippen LogP contribution in [0, 0.1) is 5.92 Å². The summed E-state index contributed by atoms with van der Waals surface area (Å²) in [7, 11) is -3.16. The number of rotatable bonds is 5. The fourth-order valence-electron chi connectivity index (χ4n) is 3.66. The van der Waals surface area contributed by atoms with Gasteiger partial charge in [-0.3, -0.25) is 4.79 Å². The maximum Gasteiger partial charge on any atom is 0.223 e. The Kier molecular flexibility index (Phi) is 6.39. The zero-order valence-corrected chi connectivity index (χ0v) is 16.9. The van der Waals surface area contributed by atoms with Crippen LogP contribution in [0.3, 0.4) is 0 Å². The molecule has 7 nitrogen and oxygen atoms in total. The minimum absolute atomic E-state index is 0.00732. The van der Waals surface area contributed by atoms with Gasteiger partial charge in [-0.15, -0.1) is 0 Å². The number of piperidine rings is 1. The van der Waals surface area contributed by atoms with Gasteiger partial charge < -0.3 is 15.0 Å². The molecule has 0 radical (unpaired) electrons. The number of benzene rings is 1. The molecule has 2 aliphatic rings. The number of hydrogen-bond donors (Lipinski definition) is 1. The summed E-state index contributed by atoms with van der Waals surface area (Å²) in [6, 6.07) is 8.22. The van der Waals surface area contributed by atoms with E-state index in [1.807, 2.05) is 6.92 Å². The molecule has 150 valence electrons. The number of carbonyl (C=O) groups is 1. The van der Waals surface area contributed by atoms with Gasteiger partial charge >= 0.3 is 0 Å². The summed E-state index contributed by atoms with van der Waals surface area (Å²) in [6.07, 6.45) is 2.36. The Morgan fingerprint density at radius 2 is 1.70 bits per heavy atom. The van der Waals surface area contributed by atoms with Gasteiger partial charge in [0.05, 0.1) is 25.5 Å². The van der Waals surface area contributed by atoms with E-state index in [1.54, 1.807) is 0 Å². The third-order valence-corrected chi connectivity index (χ3v) is 6.73. The fraction of sp³-hybridized carbons (Fsp3) is 0.632. The zero-order chi connectivity index (χ0) is 19.4. The molecular weight excluding hydrogens is 366 g/mol. The molecule has 0 bridgehead atoms. The SMILES string of the molecule is CC(NC(=O)C1CCN(S(C)(=O)=O)CC1)c1ccc(N2CCOCC2)cc1. The molecule has 0 saturated carbocycles. The van der Waals surface area contributed by atoms with E-state index >= 15 is 0 Å². The van der Waals surface area contributed by atoms with Gasteiger partial charge in [-0.2, -0.15) is 0 Å². The van der Waals surface area contributed by atoms with Gasteiger partial charge in [-0.05, 0) is 37.5 Å². The topological polar surface area (TPSA) is 79.0 Å². The molecule has 0 aromatic heterocycles. The quantitative estimate of drug-likeness (QED) is 0.815. The Morgan fingerprint density at radius 1 is 1.11 bits per heavy atom. The van der Waals surface area contributed by atoms with Gasteiger partial charge in [0.1, 0.15) is 0 Å². The minimum atomic E-state index is -3.16. The predicted molar refractivity (Wildman–Crippen MR) is 105 cm³/mol. The molecule has 27 heavy (non-hydrogen) atoms. The molecule has 2 fully saturated rings. The van der Waals surface area contributed by atoms with Crippen molar-refractivity contribution in [3.8, 4) is 0 Å². The monoisotopic (exact) mass is 395 g/mol. The normalized spacial score (nSPS) is 21.0. The Labute approximate surface area is 161 Å². The van der Waals surface area contributed by atoms with Crippen molar-refractivity contribution in [3.05, 3.63) is 29.8 Å². The van der Waals surface area contributed by atoms with Crippen molar-refractivity contribution < 1.29 is 17.9 Å². The lowest BCUT2D eigenvalue weighted by Gasteiger charge is -2.30. The lowest BCUT2D eigenvalue weighted by molar-refractivity contribution is -0.126. The van der Waals surface area contributed by atoms with Crippen LogP contribution >= 0.6 is 0 Å². The second-order valence-electron chi connectivity index (χ2n) is 7.36. The van der Waals surface area contributed by atoms with E-state index in [4.69, 9.17) is 4.74 Å². The smallest absolute Gasteiger partial charge is 0.223 e. The molecule has 1 unspecified atom stereocenters. The van der Waals surface area contributed by atoms with Gasteiger partial charge in [0.2, 0.25) is 15.9 Å². The van der Waals surface area contributed by atoms with Gasteiger partial charge in [0.25, 0.3) is 0 Å². The van der Waals surface area contributed by atoms with E-state index in [0.29, 0.717) is 25.9 Å². The Balaban J connectivity index is 1.52. The number of anilines is 1. The molecule has 2 heterocycles. The minimum Gasteiger partial charge on any atom is -0.378 e. The molecule has 1 atom stereocenters. The van der Waals surface area contributed by atoms with Crippen molar-refractivity contribution >= 4 is 21.6 Å². The molecule has 8 heteroatoms. The van der Waals surface area contributed by atoms with Crippen LogP contribution in [0.1, 0.15) is 31.4 Å². The fourth-order valence-corrected chi connectivity index (χ4v) is 4.53. The van der Waals surface area contributed by atoms with Gasteiger partial charge in [0.15, 0.2) is 0 Å². The summed E-state index contributed by atoms with van der Waals surface area (Å²) in [5.74, 6) is -0.119. The Bertz CT molecular complexity index is 737. The third kappa shape index (κ3) is 5.21. The number of nitrogens with one attached hydrogen (secondary N) is 1. The Hall–Kier alpha value is -1.64. The predicted octanol–water partition coefficient (Wildman–Crippen LogP) is 1.37. The van der Waals surface area contributed by atoms with Crippen LogP contribution in [0.25, 0.3) is 0 Å². The number of hydrogen-bond acceptors (Lipinski definition) is 5. The maximum atomic E-state index is 12.6. The molecule has 2 saturated heterocycles. The standard InChI is InChI=1S/C19H29N3O4S/c1-15(16-3-5-18(6-4-16)21-11-13-26-14-12-21)20-19(23)17-7-9-22(10-8-17)27(2,24)25/h3-6,15,17H,7-14H2,1-2H3,(H,20,23). The highest BCUT2D eigenvalue weighted by atomic mass is 32.2. The average molecular weight is 396 g/mol. The van der Waals surface area contributed by atoms with Crippen LogP contribution in [-0.2, 0) is 19.6 Å². The molecule has 1 aromatic rings. The summed E-state index contributed by atoms with van der Waals surface area (Å²) < 4.78 is 30.0. The second kappa shape index (κ2) is 8.58. The van der Waals surface area contributed by atoms with E-state index in [0.717, 1.165) is 31.9 Å². The lowest BCUT2D eigenvalue weighted by atomic mass is 9.96. The summed E-state index contributed by atoms with van der Waals surface area (Å²) in [6.45, 7) is 6.13. The van der Waals surface area contributed by atoms with E-state index in [9.17, 15) is 13.2 Å². The number of morpholine rings is 1. The summed E-state index contributed by atoms with van der Waals surface area (Å²) in [5.41, 5.74) is 2.24. The van der Waals surface area contributed by atoms with Gasteiger partial charge in [-0.25, -0.2) is 12.7 Å². The molecule has 1 N–H and O–H groups in total. The molecule has 1 amide bonds. The number of ether oxygens (including phenoxy) is 1. The molecular formula is C19H29N3O4S.